The van der Waals surface area contributed by atoms with Crippen molar-refractivity contribution in [2.24, 2.45) is 0 Å². The maximum Gasteiger partial charge on any atom is 0.326 e. The minimum atomic E-state index is -1.31. The normalized spacial score (nSPS) is 12.6. The maximum atomic E-state index is 13.0. The third-order valence-corrected chi connectivity index (χ3v) is 3.53. The van der Waals surface area contributed by atoms with Gasteiger partial charge in [-0.2, -0.15) is 0 Å². The molecule has 0 spiro atoms. The first-order valence-corrected chi connectivity index (χ1v) is 7.84. The Morgan fingerprint density at radius 2 is 1.73 bits per heavy atom. The first kappa shape index (κ1) is 21.1. The third-order valence-electron chi connectivity index (χ3n) is 3.53. The smallest absolute Gasteiger partial charge is 0.326 e. The Kier molecular flexibility index (Phi) is 8.20. The predicted molar refractivity (Wildman–Crippen MR) is 88.5 cm³/mol. The summed E-state index contributed by atoms with van der Waals surface area (Å²) in [7, 11) is 1.17. The quantitative estimate of drug-likeness (QED) is 0.542. The summed E-state index contributed by atoms with van der Waals surface area (Å²) in [4.78, 5) is 46.2. The molecule has 1 aromatic rings. The number of esters is 1. The molecule has 0 saturated carbocycles. The van der Waals surface area contributed by atoms with E-state index in [-0.39, 0.29) is 19.3 Å². The molecule has 26 heavy (non-hydrogen) atoms. The van der Waals surface area contributed by atoms with Crippen molar-refractivity contribution < 1.29 is 33.4 Å². The Balaban J connectivity index is 2.81. The van der Waals surface area contributed by atoms with E-state index >= 15 is 0 Å². The molecule has 1 aromatic carbocycles. The first-order valence-electron chi connectivity index (χ1n) is 7.84. The molecule has 2 atom stereocenters. The van der Waals surface area contributed by atoms with E-state index in [1.54, 1.807) is 0 Å². The summed E-state index contributed by atoms with van der Waals surface area (Å²) < 4.78 is 17.4. The van der Waals surface area contributed by atoms with E-state index in [0.717, 1.165) is 0 Å². The van der Waals surface area contributed by atoms with E-state index in [1.165, 1.54) is 38.3 Å². The fraction of sp³-hybridized carbons (Fsp3) is 0.412. The minimum absolute atomic E-state index is 0.0506. The van der Waals surface area contributed by atoms with E-state index in [0.29, 0.717) is 5.56 Å². The Bertz CT molecular complexity index is 662. The van der Waals surface area contributed by atoms with Crippen molar-refractivity contribution in [2.45, 2.75) is 38.3 Å². The van der Waals surface area contributed by atoms with Crippen LogP contribution >= 0.6 is 0 Å². The van der Waals surface area contributed by atoms with Crippen LogP contribution in [0.2, 0.25) is 0 Å². The number of halogens is 1. The molecule has 2 amide bonds. The summed E-state index contributed by atoms with van der Waals surface area (Å²) in [5.74, 6) is -3.56. The van der Waals surface area contributed by atoms with Crippen molar-refractivity contribution in [2.75, 3.05) is 7.11 Å². The van der Waals surface area contributed by atoms with Crippen LogP contribution in [0.5, 0.6) is 0 Å². The number of nitrogens with one attached hydrogen (secondary N) is 2. The first-order chi connectivity index (χ1) is 12.2. The van der Waals surface area contributed by atoms with E-state index < -0.39 is 41.7 Å². The van der Waals surface area contributed by atoms with Crippen LogP contribution in [0.3, 0.4) is 0 Å². The number of rotatable bonds is 9. The van der Waals surface area contributed by atoms with E-state index in [4.69, 9.17) is 0 Å². The average Bonchev–Trinajstić information content (AvgIpc) is 2.58. The Morgan fingerprint density at radius 1 is 1.12 bits per heavy atom. The maximum absolute atomic E-state index is 13.0. The number of hydrogen-bond donors (Lipinski definition) is 3. The fourth-order valence-electron chi connectivity index (χ4n) is 2.20. The van der Waals surface area contributed by atoms with E-state index in [9.17, 15) is 28.7 Å². The zero-order valence-electron chi connectivity index (χ0n) is 14.5. The van der Waals surface area contributed by atoms with Crippen LogP contribution in [0.1, 0.15) is 25.3 Å². The van der Waals surface area contributed by atoms with Gasteiger partial charge in [0, 0.05) is 19.8 Å². The topological polar surface area (TPSA) is 122 Å². The summed E-state index contributed by atoms with van der Waals surface area (Å²) >= 11 is 0. The molecule has 0 aromatic heterocycles. The molecule has 3 N–H and O–H groups in total. The van der Waals surface area contributed by atoms with Crippen molar-refractivity contribution in [3.63, 3.8) is 0 Å². The van der Waals surface area contributed by atoms with Crippen LogP contribution in [-0.2, 0) is 30.3 Å². The molecule has 142 valence electrons. The van der Waals surface area contributed by atoms with Gasteiger partial charge in [0.05, 0.1) is 7.11 Å². The molecule has 0 aliphatic rings. The molecule has 8 nitrogen and oxygen atoms in total. The Morgan fingerprint density at radius 3 is 2.23 bits per heavy atom. The summed E-state index contributed by atoms with van der Waals surface area (Å²) in [6.45, 7) is 1.22. The summed E-state index contributed by atoms with van der Waals surface area (Å²) in [5, 5.41) is 13.9. The number of benzene rings is 1. The van der Waals surface area contributed by atoms with Gasteiger partial charge in [0.15, 0.2) is 0 Å². The fourth-order valence-corrected chi connectivity index (χ4v) is 2.20. The van der Waals surface area contributed by atoms with Crippen molar-refractivity contribution in [1.29, 1.82) is 0 Å². The summed E-state index contributed by atoms with van der Waals surface area (Å²) in [6, 6.07) is 3.00. The molecule has 0 aliphatic heterocycles. The second kappa shape index (κ2) is 10.1. The van der Waals surface area contributed by atoms with Crippen LogP contribution in [0.25, 0.3) is 0 Å². The van der Waals surface area contributed by atoms with Crippen LogP contribution in [0.15, 0.2) is 24.3 Å². The summed E-state index contributed by atoms with van der Waals surface area (Å²) in [6.07, 6.45) is -0.289. The lowest BCUT2D eigenvalue weighted by Gasteiger charge is -2.21. The Labute approximate surface area is 149 Å². The number of carbonyl (C=O) groups is 4. The largest absolute Gasteiger partial charge is 0.480 e. The standard InChI is InChI=1S/C17H21FN2O6/c1-10(21)19-14(9-11-3-5-12(18)6-4-11)16(23)20-13(17(24)25)7-8-15(22)26-2/h3-6,13-14H,7-9H2,1-2H3,(H,19,21)(H,20,23)(H,24,25)/t13-,14-/m1/s1. The zero-order valence-corrected chi connectivity index (χ0v) is 14.5. The van der Waals surface area contributed by atoms with Gasteiger partial charge in [-0.15, -0.1) is 0 Å². The number of methoxy groups -OCH3 is 1. The number of aliphatic carboxylic acids is 1. The van der Waals surface area contributed by atoms with Crippen LogP contribution < -0.4 is 10.6 Å². The predicted octanol–water partition coefficient (Wildman–Crippen LogP) is 0.395. The van der Waals surface area contributed by atoms with Gasteiger partial charge in [0.1, 0.15) is 17.9 Å². The highest BCUT2D eigenvalue weighted by atomic mass is 19.1. The second-order valence-corrected chi connectivity index (χ2v) is 5.60. The van der Waals surface area contributed by atoms with Crippen LogP contribution in [-0.4, -0.2) is 48.1 Å². The van der Waals surface area contributed by atoms with Crippen molar-refractivity contribution in [1.82, 2.24) is 10.6 Å². The number of ether oxygens (including phenoxy) is 1. The molecule has 0 radical (unpaired) electrons. The molecular formula is C17H21FN2O6. The van der Waals surface area contributed by atoms with E-state index in [2.05, 4.69) is 15.4 Å². The molecule has 9 heteroatoms. The second-order valence-electron chi connectivity index (χ2n) is 5.60. The van der Waals surface area contributed by atoms with Gasteiger partial charge in [-0.05, 0) is 24.1 Å². The van der Waals surface area contributed by atoms with Crippen LogP contribution in [0.4, 0.5) is 4.39 Å². The van der Waals surface area contributed by atoms with Gasteiger partial charge in [-0.3, -0.25) is 14.4 Å². The SMILES string of the molecule is COC(=O)CC[C@@H](NC(=O)[C@@H](Cc1ccc(F)cc1)NC(C)=O)C(=O)O. The highest BCUT2D eigenvalue weighted by molar-refractivity contribution is 5.90. The van der Waals surface area contributed by atoms with Gasteiger partial charge < -0.3 is 20.5 Å². The Hall–Kier alpha value is -2.97. The lowest BCUT2D eigenvalue weighted by atomic mass is 10.0. The summed E-state index contributed by atoms with van der Waals surface area (Å²) in [5.41, 5.74) is 0.585. The van der Waals surface area contributed by atoms with Crippen molar-refractivity contribution in [3.05, 3.63) is 35.6 Å². The molecular weight excluding hydrogens is 347 g/mol. The van der Waals surface area contributed by atoms with Gasteiger partial charge in [-0.25, -0.2) is 9.18 Å². The molecule has 0 unspecified atom stereocenters. The molecule has 0 bridgehead atoms. The number of amides is 2. The third kappa shape index (κ3) is 7.29. The minimum Gasteiger partial charge on any atom is -0.480 e. The highest BCUT2D eigenvalue weighted by Gasteiger charge is 2.26. The number of carboxylic acid groups (broad SMARTS) is 1. The van der Waals surface area contributed by atoms with E-state index in [1.807, 2.05) is 0 Å². The van der Waals surface area contributed by atoms with Crippen LogP contribution in [0, 0.1) is 5.82 Å². The molecule has 0 aliphatic carbocycles. The number of carboxylic acids is 1. The van der Waals surface area contributed by atoms with Crippen molar-refractivity contribution >= 4 is 23.8 Å². The van der Waals surface area contributed by atoms with Gasteiger partial charge in [-0.1, -0.05) is 12.1 Å². The van der Waals surface area contributed by atoms with Gasteiger partial charge >= 0.3 is 11.9 Å². The lowest BCUT2D eigenvalue weighted by Crippen LogP contribution is -2.52. The number of hydrogen-bond acceptors (Lipinski definition) is 5. The zero-order chi connectivity index (χ0) is 19.7. The number of carbonyl (C=O) groups excluding carboxylic acids is 3. The monoisotopic (exact) mass is 368 g/mol. The van der Waals surface area contributed by atoms with Gasteiger partial charge in [0.25, 0.3) is 0 Å². The lowest BCUT2D eigenvalue weighted by molar-refractivity contribution is -0.144. The van der Waals surface area contributed by atoms with Gasteiger partial charge in [0.2, 0.25) is 11.8 Å². The highest BCUT2D eigenvalue weighted by Crippen LogP contribution is 2.07. The van der Waals surface area contributed by atoms with Crippen molar-refractivity contribution in [3.8, 4) is 0 Å². The molecule has 1 rings (SSSR count). The average molecular weight is 368 g/mol. The molecule has 0 fully saturated rings. The molecule has 0 saturated heterocycles. The molecule has 0 heterocycles.